The van der Waals surface area contributed by atoms with E-state index in [4.69, 9.17) is 27.5 Å². The summed E-state index contributed by atoms with van der Waals surface area (Å²) in [6.07, 6.45) is 6.60. The summed E-state index contributed by atoms with van der Waals surface area (Å²) in [4.78, 5) is 38.9. The van der Waals surface area contributed by atoms with E-state index in [9.17, 15) is 14.4 Å². The van der Waals surface area contributed by atoms with Gasteiger partial charge in [-0.2, -0.15) is 0 Å². The third-order valence-electron chi connectivity index (χ3n) is 5.04. The van der Waals surface area contributed by atoms with Gasteiger partial charge in [-0.15, -0.1) is 6.42 Å². The van der Waals surface area contributed by atoms with Gasteiger partial charge in [-0.1, -0.05) is 47.9 Å². The van der Waals surface area contributed by atoms with Crippen molar-refractivity contribution in [1.82, 2.24) is 5.32 Å². The molecule has 0 bridgehead atoms. The Morgan fingerprint density at radius 2 is 1.71 bits per heavy atom. The van der Waals surface area contributed by atoms with Gasteiger partial charge in [0.25, 0.3) is 11.8 Å². The molecule has 4 rings (SSSR count). The predicted molar refractivity (Wildman–Crippen MR) is 132 cm³/mol. The standard InChI is InChI=1S/C27H19ClN2O5/c1-2-14-34-22-8-5-6-18(15-22)16-23-25(31)29-27(33)30(26(23)32)20-10-12-21(13-11-20)35-17-19-7-3-4-9-24(19)28/h1,3-13,15-16H,14,17H2,(H,29,31,33)/b23-16-. The van der Waals surface area contributed by atoms with Gasteiger partial charge in [0.1, 0.15) is 30.3 Å². The number of hydrogen-bond acceptors (Lipinski definition) is 5. The normalized spacial score (nSPS) is 14.5. The molecular formula is C27H19ClN2O5. The summed E-state index contributed by atoms with van der Waals surface area (Å²) in [5, 5.41) is 2.79. The molecule has 1 saturated heterocycles. The number of ether oxygens (including phenoxy) is 2. The number of nitrogens with zero attached hydrogens (tertiary/aromatic N) is 1. The minimum atomic E-state index is -0.840. The minimum absolute atomic E-state index is 0.0832. The molecule has 1 aliphatic rings. The van der Waals surface area contributed by atoms with Gasteiger partial charge in [-0.25, -0.2) is 9.69 Å². The van der Waals surface area contributed by atoms with Crippen LogP contribution in [0.15, 0.2) is 78.4 Å². The molecular weight excluding hydrogens is 468 g/mol. The fourth-order valence-corrected chi connectivity index (χ4v) is 3.54. The van der Waals surface area contributed by atoms with E-state index in [1.165, 1.54) is 6.08 Å². The highest BCUT2D eigenvalue weighted by Crippen LogP contribution is 2.26. The van der Waals surface area contributed by atoms with E-state index in [1.807, 2.05) is 18.2 Å². The Morgan fingerprint density at radius 1 is 0.943 bits per heavy atom. The van der Waals surface area contributed by atoms with Gasteiger partial charge in [0, 0.05) is 10.6 Å². The molecule has 0 aliphatic carbocycles. The van der Waals surface area contributed by atoms with Crippen molar-refractivity contribution in [3.63, 3.8) is 0 Å². The van der Waals surface area contributed by atoms with E-state index in [0.717, 1.165) is 10.5 Å². The van der Waals surface area contributed by atoms with Gasteiger partial charge >= 0.3 is 6.03 Å². The molecule has 0 spiro atoms. The third-order valence-corrected chi connectivity index (χ3v) is 5.41. The average molecular weight is 487 g/mol. The van der Waals surface area contributed by atoms with Crippen molar-refractivity contribution in [3.8, 4) is 23.8 Å². The van der Waals surface area contributed by atoms with Gasteiger partial charge in [-0.3, -0.25) is 14.9 Å². The second-order valence-corrected chi connectivity index (χ2v) is 7.80. The molecule has 4 amide bonds. The van der Waals surface area contributed by atoms with Gasteiger partial charge in [0.15, 0.2) is 0 Å². The molecule has 1 fully saturated rings. The lowest BCUT2D eigenvalue weighted by molar-refractivity contribution is -0.122. The maximum absolute atomic E-state index is 13.1. The van der Waals surface area contributed by atoms with Crippen molar-refractivity contribution < 1.29 is 23.9 Å². The van der Waals surface area contributed by atoms with Crippen molar-refractivity contribution in [2.45, 2.75) is 6.61 Å². The number of amides is 4. The summed E-state index contributed by atoms with van der Waals surface area (Å²) in [6.45, 7) is 0.341. The number of rotatable bonds is 7. The van der Waals surface area contributed by atoms with Gasteiger partial charge < -0.3 is 9.47 Å². The van der Waals surface area contributed by atoms with E-state index in [1.54, 1.807) is 54.6 Å². The average Bonchev–Trinajstić information content (AvgIpc) is 2.86. The summed E-state index contributed by atoms with van der Waals surface area (Å²) >= 11 is 6.15. The lowest BCUT2D eigenvalue weighted by atomic mass is 10.1. The highest BCUT2D eigenvalue weighted by Gasteiger charge is 2.36. The molecule has 0 aromatic heterocycles. The second-order valence-electron chi connectivity index (χ2n) is 7.40. The minimum Gasteiger partial charge on any atom is -0.489 e. The first kappa shape index (κ1) is 23.6. The predicted octanol–water partition coefficient (Wildman–Crippen LogP) is 4.60. The summed E-state index contributed by atoms with van der Waals surface area (Å²) in [5.41, 5.74) is 1.45. The molecule has 0 radical (unpaired) electrons. The van der Waals surface area contributed by atoms with E-state index < -0.39 is 17.8 Å². The summed E-state index contributed by atoms with van der Waals surface area (Å²) in [6, 6.07) is 19.6. The van der Waals surface area contributed by atoms with Crippen LogP contribution in [0.1, 0.15) is 11.1 Å². The zero-order chi connectivity index (χ0) is 24.8. The molecule has 8 heteroatoms. The van der Waals surface area contributed by atoms with E-state index in [-0.39, 0.29) is 24.5 Å². The number of hydrogen-bond donors (Lipinski definition) is 1. The van der Waals surface area contributed by atoms with E-state index in [2.05, 4.69) is 11.2 Å². The van der Waals surface area contributed by atoms with Gasteiger partial charge in [0.2, 0.25) is 0 Å². The Kier molecular flexibility index (Phi) is 7.15. The molecule has 0 saturated carbocycles. The summed E-state index contributed by atoms with van der Waals surface area (Å²) in [5.74, 6) is 1.84. The fourth-order valence-electron chi connectivity index (χ4n) is 3.35. The zero-order valence-electron chi connectivity index (χ0n) is 18.4. The summed E-state index contributed by atoms with van der Waals surface area (Å²) in [7, 11) is 0. The quantitative estimate of drug-likeness (QED) is 0.300. The van der Waals surface area contributed by atoms with Crippen LogP contribution < -0.4 is 19.7 Å². The van der Waals surface area contributed by atoms with Crippen LogP contribution in [-0.4, -0.2) is 24.5 Å². The lowest BCUT2D eigenvalue weighted by Gasteiger charge is -2.26. The Hall–Kier alpha value is -4.54. The van der Waals surface area contributed by atoms with Gasteiger partial charge in [-0.05, 0) is 54.1 Å². The molecule has 3 aromatic carbocycles. The Morgan fingerprint density at radius 3 is 2.46 bits per heavy atom. The molecule has 0 atom stereocenters. The molecule has 1 aliphatic heterocycles. The first-order valence-electron chi connectivity index (χ1n) is 10.5. The van der Waals surface area contributed by atoms with Crippen molar-refractivity contribution in [2.75, 3.05) is 11.5 Å². The van der Waals surface area contributed by atoms with E-state index in [0.29, 0.717) is 22.1 Å². The number of anilines is 1. The van der Waals surface area contributed by atoms with Crippen molar-refractivity contribution in [3.05, 3.63) is 94.5 Å². The number of halogens is 1. The number of benzene rings is 3. The van der Waals surface area contributed by atoms with Crippen LogP contribution in [0.5, 0.6) is 11.5 Å². The highest BCUT2D eigenvalue weighted by atomic mass is 35.5. The number of urea groups is 1. The SMILES string of the molecule is C#CCOc1cccc(/C=C2/C(=O)NC(=O)N(c3ccc(OCc4ccccc4Cl)cc3)C2=O)c1. The van der Waals surface area contributed by atoms with Crippen LogP contribution in [0, 0.1) is 12.3 Å². The molecule has 3 aromatic rings. The number of terminal acetylenes is 1. The number of nitrogens with one attached hydrogen (secondary N) is 1. The smallest absolute Gasteiger partial charge is 0.335 e. The lowest BCUT2D eigenvalue weighted by Crippen LogP contribution is -2.54. The highest BCUT2D eigenvalue weighted by molar-refractivity contribution is 6.39. The Bertz CT molecular complexity index is 1360. The Balaban J connectivity index is 1.52. The number of carbonyl (C=O) groups excluding carboxylic acids is 3. The largest absolute Gasteiger partial charge is 0.489 e. The first-order chi connectivity index (χ1) is 17.0. The number of imide groups is 2. The van der Waals surface area contributed by atoms with Crippen molar-refractivity contribution in [2.24, 2.45) is 0 Å². The molecule has 174 valence electrons. The number of carbonyl (C=O) groups is 3. The van der Waals surface area contributed by atoms with Crippen LogP contribution >= 0.6 is 11.6 Å². The van der Waals surface area contributed by atoms with Crippen molar-refractivity contribution in [1.29, 1.82) is 0 Å². The second kappa shape index (κ2) is 10.6. The zero-order valence-corrected chi connectivity index (χ0v) is 19.1. The number of barbiturate groups is 1. The molecule has 35 heavy (non-hydrogen) atoms. The topological polar surface area (TPSA) is 84.9 Å². The molecule has 7 nitrogen and oxygen atoms in total. The van der Waals surface area contributed by atoms with Gasteiger partial charge in [0.05, 0.1) is 5.69 Å². The first-order valence-corrected chi connectivity index (χ1v) is 10.9. The Labute approximate surface area is 206 Å². The van der Waals surface area contributed by atoms with Crippen LogP contribution in [-0.2, 0) is 16.2 Å². The van der Waals surface area contributed by atoms with Crippen LogP contribution in [0.3, 0.4) is 0 Å². The molecule has 1 N–H and O–H groups in total. The maximum Gasteiger partial charge on any atom is 0.335 e. The maximum atomic E-state index is 13.1. The third kappa shape index (κ3) is 5.52. The molecule has 1 heterocycles. The van der Waals surface area contributed by atoms with Crippen LogP contribution in [0.4, 0.5) is 10.5 Å². The van der Waals surface area contributed by atoms with Crippen LogP contribution in [0.2, 0.25) is 5.02 Å². The fraction of sp³-hybridized carbons (Fsp3) is 0.0741. The molecule has 0 unspecified atom stereocenters. The summed E-state index contributed by atoms with van der Waals surface area (Å²) < 4.78 is 11.1. The van der Waals surface area contributed by atoms with Crippen LogP contribution in [0.25, 0.3) is 6.08 Å². The monoisotopic (exact) mass is 486 g/mol. The van der Waals surface area contributed by atoms with E-state index >= 15 is 0 Å². The van der Waals surface area contributed by atoms with Crippen molar-refractivity contribution >= 4 is 41.2 Å².